The fourth-order valence-corrected chi connectivity index (χ4v) is 4.99. The molecule has 3 heterocycles. The van der Waals surface area contributed by atoms with Crippen LogP contribution in [0.5, 0.6) is 5.75 Å². The number of methoxy groups -OCH3 is 1. The van der Waals surface area contributed by atoms with E-state index in [-0.39, 0.29) is 5.91 Å². The predicted octanol–water partition coefficient (Wildman–Crippen LogP) is 3.24. The lowest BCUT2D eigenvalue weighted by Gasteiger charge is -2.37. The summed E-state index contributed by atoms with van der Waals surface area (Å²) in [6.45, 7) is 4.93. The highest BCUT2D eigenvalue weighted by atomic mass is 32.1. The smallest absolute Gasteiger partial charge is 0.236 e. The standard InChI is InChI=1S/C21H27N3O2S/c1-26-18-8-6-17(7-9-18)22-11-13-23(14-12-22)21(25)16-24-10-2-4-19(24)20-5-3-15-27-20/h3,5-9,15,19H,2,4,10-14,16H2,1H3. The van der Waals surface area contributed by atoms with E-state index in [0.717, 1.165) is 38.5 Å². The second-order valence-electron chi connectivity index (χ2n) is 7.21. The molecule has 2 aliphatic rings. The number of nitrogens with zero attached hydrogens (tertiary/aromatic N) is 3. The monoisotopic (exact) mass is 385 g/mol. The molecule has 0 radical (unpaired) electrons. The van der Waals surface area contributed by atoms with E-state index in [4.69, 9.17) is 4.74 Å². The van der Waals surface area contributed by atoms with E-state index in [1.807, 2.05) is 17.0 Å². The number of rotatable bonds is 5. The first-order valence-corrected chi connectivity index (χ1v) is 10.6. The third kappa shape index (κ3) is 4.12. The van der Waals surface area contributed by atoms with Crippen molar-refractivity contribution in [3.8, 4) is 5.75 Å². The summed E-state index contributed by atoms with van der Waals surface area (Å²) < 4.78 is 5.23. The van der Waals surface area contributed by atoms with Crippen LogP contribution < -0.4 is 9.64 Å². The minimum Gasteiger partial charge on any atom is -0.497 e. The Kier molecular flexibility index (Phi) is 5.64. The van der Waals surface area contributed by atoms with Gasteiger partial charge in [-0.25, -0.2) is 0 Å². The third-order valence-corrected chi connectivity index (χ3v) is 6.62. The highest BCUT2D eigenvalue weighted by molar-refractivity contribution is 7.10. The number of carbonyl (C=O) groups excluding carboxylic acids is 1. The van der Waals surface area contributed by atoms with Gasteiger partial charge in [-0.2, -0.15) is 0 Å². The van der Waals surface area contributed by atoms with Crippen LogP contribution in [0.15, 0.2) is 41.8 Å². The average Bonchev–Trinajstić information content (AvgIpc) is 3.40. The number of ether oxygens (including phenoxy) is 1. The molecule has 4 rings (SSSR count). The molecule has 0 bridgehead atoms. The predicted molar refractivity (Wildman–Crippen MR) is 110 cm³/mol. The van der Waals surface area contributed by atoms with Crippen molar-refractivity contribution in [3.05, 3.63) is 46.7 Å². The molecule has 6 heteroatoms. The summed E-state index contributed by atoms with van der Waals surface area (Å²) in [6.07, 6.45) is 2.35. The second kappa shape index (κ2) is 8.31. The minimum absolute atomic E-state index is 0.271. The Morgan fingerprint density at radius 3 is 2.56 bits per heavy atom. The molecule has 2 aliphatic heterocycles. The fourth-order valence-electron chi connectivity index (χ4n) is 4.10. The summed E-state index contributed by atoms with van der Waals surface area (Å²) >= 11 is 1.80. The van der Waals surface area contributed by atoms with Crippen LogP contribution in [0.1, 0.15) is 23.8 Å². The maximum Gasteiger partial charge on any atom is 0.236 e. The van der Waals surface area contributed by atoms with Crippen molar-refractivity contribution >= 4 is 22.9 Å². The van der Waals surface area contributed by atoms with Crippen LogP contribution in [0.25, 0.3) is 0 Å². The van der Waals surface area contributed by atoms with Gasteiger partial charge in [0.2, 0.25) is 5.91 Å². The van der Waals surface area contributed by atoms with Crippen molar-refractivity contribution < 1.29 is 9.53 Å². The van der Waals surface area contributed by atoms with Gasteiger partial charge < -0.3 is 14.5 Å². The quantitative estimate of drug-likeness (QED) is 0.792. The van der Waals surface area contributed by atoms with E-state index < -0.39 is 0 Å². The highest BCUT2D eigenvalue weighted by Gasteiger charge is 2.30. The lowest BCUT2D eigenvalue weighted by Crippen LogP contribution is -2.51. The van der Waals surface area contributed by atoms with Gasteiger partial charge in [0.15, 0.2) is 0 Å². The molecule has 2 aromatic rings. The summed E-state index contributed by atoms with van der Waals surface area (Å²) in [7, 11) is 1.68. The van der Waals surface area contributed by atoms with Crippen molar-refractivity contribution in [2.45, 2.75) is 18.9 Å². The molecule has 27 heavy (non-hydrogen) atoms. The van der Waals surface area contributed by atoms with Gasteiger partial charge in [-0.3, -0.25) is 9.69 Å². The summed E-state index contributed by atoms with van der Waals surface area (Å²) in [4.78, 5) is 21.0. The highest BCUT2D eigenvalue weighted by Crippen LogP contribution is 2.34. The number of piperazine rings is 1. The molecule has 0 spiro atoms. The van der Waals surface area contributed by atoms with Gasteiger partial charge in [0, 0.05) is 42.8 Å². The Hall–Kier alpha value is -2.05. The molecule has 1 aromatic heterocycles. The van der Waals surface area contributed by atoms with Gasteiger partial charge in [-0.15, -0.1) is 11.3 Å². The van der Waals surface area contributed by atoms with Gasteiger partial charge in [-0.1, -0.05) is 6.07 Å². The first-order valence-electron chi connectivity index (χ1n) is 9.69. The fraction of sp³-hybridized carbons (Fsp3) is 0.476. The van der Waals surface area contributed by atoms with Gasteiger partial charge in [0.25, 0.3) is 0 Å². The number of hydrogen-bond acceptors (Lipinski definition) is 5. The molecular weight excluding hydrogens is 358 g/mol. The van der Waals surface area contributed by atoms with E-state index in [9.17, 15) is 4.79 Å². The van der Waals surface area contributed by atoms with Crippen molar-refractivity contribution in [2.75, 3.05) is 51.3 Å². The Morgan fingerprint density at radius 2 is 1.89 bits per heavy atom. The Morgan fingerprint density at radius 1 is 1.11 bits per heavy atom. The van der Waals surface area contributed by atoms with Crippen LogP contribution in [-0.2, 0) is 4.79 Å². The van der Waals surface area contributed by atoms with Crippen molar-refractivity contribution in [2.24, 2.45) is 0 Å². The molecule has 1 atom stereocenters. The van der Waals surface area contributed by atoms with Crippen LogP contribution in [-0.4, -0.2) is 62.1 Å². The maximum atomic E-state index is 12.8. The lowest BCUT2D eigenvalue weighted by atomic mass is 10.2. The van der Waals surface area contributed by atoms with Gasteiger partial charge in [0.05, 0.1) is 13.7 Å². The zero-order valence-corrected chi connectivity index (χ0v) is 16.7. The largest absolute Gasteiger partial charge is 0.497 e. The Labute approximate surface area is 165 Å². The maximum absolute atomic E-state index is 12.8. The number of amides is 1. The van der Waals surface area contributed by atoms with E-state index in [2.05, 4.69) is 39.4 Å². The van der Waals surface area contributed by atoms with E-state index in [0.29, 0.717) is 12.6 Å². The van der Waals surface area contributed by atoms with Crippen LogP contribution in [0, 0.1) is 0 Å². The van der Waals surface area contributed by atoms with Crippen LogP contribution >= 0.6 is 11.3 Å². The van der Waals surface area contributed by atoms with E-state index in [1.165, 1.54) is 23.4 Å². The number of benzene rings is 1. The topological polar surface area (TPSA) is 36.0 Å². The SMILES string of the molecule is COc1ccc(N2CCN(C(=O)CN3CCCC3c3cccs3)CC2)cc1. The molecule has 2 saturated heterocycles. The molecule has 0 saturated carbocycles. The lowest BCUT2D eigenvalue weighted by molar-refractivity contribution is -0.133. The average molecular weight is 386 g/mol. The number of hydrogen-bond donors (Lipinski definition) is 0. The van der Waals surface area contributed by atoms with Crippen LogP contribution in [0.3, 0.4) is 0 Å². The zero-order valence-electron chi connectivity index (χ0n) is 15.8. The number of thiophene rings is 1. The first kappa shape index (κ1) is 18.3. The van der Waals surface area contributed by atoms with Crippen molar-refractivity contribution in [1.82, 2.24) is 9.80 Å². The molecule has 0 aliphatic carbocycles. The van der Waals surface area contributed by atoms with Gasteiger partial charge in [0.1, 0.15) is 5.75 Å². The Bertz CT molecular complexity index is 739. The molecule has 1 amide bonds. The molecule has 5 nitrogen and oxygen atoms in total. The second-order valence-corrected chi connectivity index (χ2v) is 8.19. The summed E-state index contributed by atoms with van der Waals surface area (Å²) in [5.41, 5.74) is 1.19. The zero-order chi connectivity index (χ0) is 18.6. The Balaban J connectivity index is 1.30. The molecular formula is C21H27N3O2S. The first-order chi connectivity index (χ1) is 13.2. The molecule has 144 valence electrons. The summed E-state index contributed by atoms with van der Waals surface area (Å²) in [5.74, 6) is 1.14. The third-order valence-electron chi connectivity index (χ3n) is 5.64. The molecule has 0 N–H and O–H groups in total. The van der Waals surface area contributed by atoms with E-state index in [1.54, 1.807) is 18.4 Å². The summed E-state index contributed by atoms with van der Waals surface area (Å²) in [6, 6.07) is 12.9. The number of carbonyl (C=O) groups is 1. The number of anilines is 1. The normalized spacial score (nSPS) is 20.9. The van der Waals surface area contributed by atoms with Gasteiger partial charge in [-0.05, 0) is 55.1 Å². The van der Waals surface area contributed by atoms with Gasteiger partial charge >= 0.3 is 0 Å². The van der Waals surface area contributed by atoms with Crippen LogP contribution in [0.4, 0.5) is 5.69 Å². The van der Waals surface area contributed by atoms with Crippen molar-refractivity contribution in [1.29, 1.82) is 0 Å². The molecule has 2 fully saturated rings. The summed E-state index contributed by atoms with van der Waals surface area (Å²) in [5, 5.41) is 2.13. The molecule has 1 unspecified atom stereocenters. The molecule has 1 aromatic carbocycles. The van der Waals surface area contributed by atoms with E-state index >= 15 is 0 Å². The minimum atomic E-state index is 0.271. The number of likely N-dealkylation sites (tertiary alicyclic amines) is 1. The van der Waals surface area contributed by atoms with Crippen molar-refractivity contribution in [3.63, 3.8) is 0 Å². The van der Waals surface area contributed by atoms with Crippen LogP contribution in [0.2, 0.25) is 0 Å².